The summed E-state index contributed by atoms with van der Waals surface area (Å²) in [6.07, 6.45) is 5.30. The standard InChI is InChI=1S/C9H14N4O/c1-9(3-2-4-9)5-13-6-11-8(12-13)7(10)14/h6H,2-5H2,1H3,(H2,10,14). The average molecular weight is 194 g/mol. The van der Waals surface area contributed by atoms with E-state index in [9.17, 15) is 4.79 Å². The Morgan fingerprint density at radius 3 is 2.86 bits per heavy atom. The van der Waals surface area contributed by atoms with Crippen molar-refractivity contribution in [1.82, 2.24) is 14.8 Å². The van der Waals surface area contributed by atoms with Gasteiger partial charge in [-0.3, -0.25) is 9.48 Å². The molecule has 1 aromatic heterocycles. The first kappa shape index (κ1) is 9.18. The lowest BCUT2D eigenvalue weighted by atomic mass is 9.70. The van der Waals surface area contributed by atoms with Crippen molar-refractivity contribution < 1.29 is 4.79 Å². The van der Waals surface area contributed by atoms with Gasteiger partial charge in [0.1, 0.15) is 6.33 Å². The summed E-state index contributed by atoms with van der Waals surface area (Å²) in [6.45, 7) is 3.05. The number of aromatic nitrogens is 3. The Hall–Kier alpha value is -1.39. The fourth-order valence-corrected chi connectivity index (χ4v) is 1.81. The predicted molar refractivity (Wildman–Crippen MR) is 50.5 cm³/mol. The second-order valence-electron chi connectivity index (χ2n) is 4.29. The van der Waals surface area contributed by atoms with Gasteiger partial charge in [-0.1, -0.05) is 13.3 Å². The number of hydrogen-bond acceptors (Lipinski definition) is 3. The van der Waals surface area contributed by atoms with Crippen LogP contribution < -0.4 is 5.73 Å². The second kappa shape index (κ2) is 3.08. The molecule has 0 aliphatic heterocycles. The maximum atomic E-state index is 10.7. The summed E-state index contributed by atoms with van der Waals surface area (Å²) in [5.74, 6) is -0.463. The van der Waals surface area contributed by atoms with E-state index in [0.29, 0.717) is 5.41 Å². The van der Waals surface area contributed by atoms with Crippen molar-refractivity contribution in [3.63, 3.8) is 0 Å². The summed E-state index contributed by atoms with van der Waals surface area (Å²) in [5, 5.41) is 4.01. The molecule has 14 heavy (non-hydrogen) atoms. The number of carbonyl (C=O) groups is 1. The molecule has 1 fully saturated rings. The summed E-state index contributed by atoms with van der Waals surface area (Å²) in [6, 6.07) is 0. The van der Waals surface area contributed by atoms with Crippen LogP contribution in [0.2, 0.25) is 0 Å². The SMILES string of the molecule is CC1(Cn2cnc(C(N)=O)n2)CCC1. The van der Waals surface area contributed by atoms with Crippen LogP contribution in [0.1, 0.15) is 36.8 Å². The fourth-order valence-electron chi connectivity index (χ4n) is 1.81. The zero-order chi connectivity index (χ0) is 10.2. The molecule has 0 aromatic carbocycles. The van der Waals surface area contributed by atoms with E-state index in [-0.39, 0.29) is 5.82 Å². The molecule has 2 N–H and O–H groups in total. The minimum Gasteiger partial charge on any atom is -0.363 e. The zero-order valence-corrected chi connectivity index (χ0v) is 8.23. The van der Waals surface area contributed by atoms with Gasteiger partial charge in [-0.15, -0.1) is 5.10 Å². The van der Waals surface area contributed by atoms with E-state index < -0.39 is 5.91 Å². The highest BCUT2D eigenvalue weighted by molar-refractivity contribution is 5.88. The number of amides is 1. The van der Waals surface area contributed by atoms with Crippen LogP contribution in [0.15, 0.2) is 6.33 Å². The first-order valence-electron chi connectivity index (χ1n) is 4.78. The lowest BCUT2D eigenvalue weighted by molar-refractivity contribution is 0.0986. The summed E-state index contributed by atoms with van der Waals surface area (Å²) in [4.78, 5) is 14.6. The van der Waals surface area contributed by atoms with Crippen LogP contribution in [-0.2, 0) is 6.54 Å². The van der Waals surface area contributed by atoms with Crippen molar-refractivity contribution in [2.75, 3.05) is 0 Å². The normalized spacial score (nSPS) is 18.9. The van der Waals surface area contributed by atoms with Gasteiger partial charge in [-0.2, -0.15) is 0 Å². The molecule has 0 atom stereocenters. The van der Waals surface area contributed by atoms with Gasteiger partial charge < -0.3 is 5.73 Å². The van der Waals surface area contributed by atoms with E-state index in [1.54, 1.807) is 11.0 Å². The molecule has 0 radical (unpaired) electrons. The zero-order valence-electron chi connectivity index (χ0n) is 8.23. The number of nitrogens with zero attached hydrogens (tertiary/aromatic N) is 3. The van der Waals surface area contributed by atoms with Gasteiger partial charge in [0.05, 0.1) is 0 Å². The molecule has 1 amide bonds. The van der Waals surface area contributed by atoms with Crippen molar-refractivity contribution in [1.29, 1.82) is 0 Å². The van der Waals surface area contributed by atoms with Gasteiger partial charge in [-0.05, 0) is 18.3 Å². The Kier molecular flexibility index (Phi) is 2.02. The Morgan fingerprint density at radius 1 is 1.71 bits per heavy atom. The highest BCUT2D eigenvalue weighted by Gasteiger charge is 2.32. The van der Waals surface area contributed by atoms with Crippen molar-refractivity contribution in [3.05, 3.63) is 12.2 Å². The van der Waals surface area contributed by atoms with Gasteiger partial charge in [0.25, 0.3) is 5.91 Å². The average Bonchev–Trinajstić information content (AvgIpc) is 2.50. The van der Waals surface area contributed by atoms with Gasteiger partial charge in [0, 0.05) is 6.54 Å². The number of nitrogens with two attached hydrogens (primary N) is 1. The minimum atomic E-state index is -0.567. The molecule has 0 unspecified atom stereocenters. The molecule has 1 aliphatic carbocycles. The van der Waals surface area contributed by atoms with Gasteiger partial charge >= 0.3 is 0 Å². The van der Waals surface area contributed by atoms with E-state index in [1.807, 2.05) is 0 Å². The largest absolute Gasteiger partial charge is 0.363 e. The van der Waals surface area contributed by atoms with Crippen molar-refractivity contribution in [2.45, 2.75) is 32.7 Å². The van der Waals surface area contributed by atoms with Gasteiger partial charge in [-0.25, -0.2) is 4.98 Å². The summed E-state index contributed by atoms with van der Waals surface area (Å²) < 4.78 is 1.71. The van der Waals surface area contributed by atoms with Crippen LogP contribution in [0.5, 0.6) is 0 Å². The summed E-state index contributed by atoms with van der Waals surface area (Å²) in [7, 11) is 0. The van der Waals surface area contributed by atoms with E-state index in [4.69, 9.17) is 5.73 Å². The smallest absolute Gasteiger partial charge is 0.288 e. The number of primary amides is 1. The third-order valence-corrected chi connectivity index (χ3v) is 2.86. The van der Waals surface area contributed by atoms with Crippen LogP contribution >= 0.6 is 0 Å². The predicted octanol–water partition coefficient (Wildman–Crippen LogP) is 0.567. The molecule has 5 heteroatoms. The molecule has 0 spiro atoms. The lowest BCUT2D eigenvalue weighted by Crippen LogP contribution is -2.31. The topological polar surface area (TPSA) is 73.8 Å². The summed E-state index contributed by atoms with van der Waals surface area (Å²) in [5.41, 5.74) is 5.40. The van der Waals surface area contributed by atoms with Crippen LogP contribution in [0.4, 0.5) is 0 Å². The summed E-state index contributed by atoms with van der Waals surface area (Å²) >= 11 is 0. The number of carbonyl (C=O) groups excluding carboxylic acids is 1. The number of rotatable bonds is 3. The maximum Gasteiger partial charge on any atom is 0.288 e. The van der Waals surface area contributed by atoms with Crippen LogP contribution in [0.25, 0.3) is 0 Å². The second-order valence-corrected chi connectivity index (χ2v) is 4.29. The molecule has 5 nitrogen and oxygen atoms in total. The maximum absolute atomic E-state index is 10.7. The van der Waals surface area contributed by atoms with Crippen LogP contribution in [0, 0.1) is 5.41 Å². The minimum absolute atomic E-state index is 0.105. The molecular formula is C9H14N4O. The van der Waals surface area contributed by atoms with Crippen molar-refractivity contribution in [2.24, 2.45) is 11.1 Å². The third-order valence-electron chi connectivity index (χ3n) is 2.86. The Morgan fingerprint density at radius 2 is 2.43 bits per heavy atom. The van der Waals surface area contributed by atoms with E-state index in [0.717, 1.165) is 6.54 Å². The van der Waals surface area contributed by atoms with Crippen molar-refractivity contribution >= 4 is 5.91 Å². The molecule has 0 saturated heterocycles. The highest BCUT2D eigenvalue weighted by Crippen LogP contribution is 2.41. The Balaban J connectivity index is 2.06. The molecule has 1 heterocycles. The molecule has 76 valence electrons. The van der Waals surface area contributed by atoms with Crippen molar-refractivity contribution in [3.8, 4) is 0 Å². The monoisotopic (exact) mass is 194 g/mol. The van der Waals surface area contributed by atoms with Crippen LogP contribution in [-0.4, -0.2) is 20.7 Å². The quantitative estimate of drug-likeness (QED) is 0.764. The Bertz CT molecular complexity index is 353. The Labute approximate surface area is 82.3 Å². The molecule has 1 aliphatic rings. The third kappa shape index (κ3) is 1.62. The highest BCUT2D eigenvalue weighted by atomic mass is 16.1. The van der Waals surface area contributed by atoms with Gasteiger partial charge in [0.15, 0.2) is 0 Å². The van der Waals surface area contributed by atoms with Gasteiger partial charge in [0.2, 0.25) is 5.82 Å². The molecule has 1 saturated carbocycles. The molecular weight excluding hydrogens is 180 g/mol. The lowest BCUT2D eigenvalue weighted by Gasteiger charge is -2.37. The van der Waals surface area contributed by atoms with E-state index >= 15 is 0 Å². The van der Waals surface area contributed by atoms with E-state index in [2.05, 4.69) is 17.0 Å². The number of hydrogen-bond donors (Lipinski definition) is 1. The molecule has 0 bridgehead atoms. The fraction of sp³-hybridized carbons (Fsp3) is 0.667. The first-order valence-corrected chi connectivity index (χ1v) is 4.78. The molecule has 1 aromatic rings. The molecule has 2 rings (SSSR count). The first-order chi connectivity index (χ1) is 6.59. The van der Waals surface area contributed by atoms with E-state index in [1.165, 1.54) is 19.3 Å². The van der Waals surface area contributed by atoms with Crippen LogP contribution in [0.3, 0.4) is 0 Å².